The summed E-state index contributed by atoms with van der Waals surface area (Å²) in [5.41, 5.74) is 0.825. The van der Waals surface area contributed by atoms with Gasteiger partial charge >= 0.3 is 6.03 Å². The van der Waals surface area contributed by atoms with Crippen LogP contribution in [0.2, 0.25) is 0 Å². The molecule has 0 unspecified atom stereocenters. The average Bonchev–Trinajstić information content (AvgIpc) is 2.88. The van der Waals surface area contributed by atoms with Gasteiger partial charge in [0.05, 0.1) is 24.9 Å². The molecule has 0 aromatic heterocycles. The van der Waals surface area contributed by atoms with Gasteiger partial charge in [-0.1, -0.05) is 6.07 Å². The molecule has 0 fully saturated rings. The Hall–Kier alpha value is -4.12. The highest BCUT2D eigenvalue weighted by molar-refractivity contribution is 5.99. The quantitative estimate of drug-likeness (QED) is 0.414. The second kappa shape index (κ2) is 11.1. The minimum atomic E-state index is -1.13. The van der Waals surface area contributed by atoms with Crippen molar-refractivity contribution in [3.05, 3.63) is 94.1 Å². The van der Waals surface area contributed by atoms with Crippen LogP contribution in [0.1, 0.15) is 40.0 Å². The molecule has 0 spiro atoms. The monoisotopic (exact) mass is 531 g/mol. The summed E-state index contributed by atoms with van der Waals surface area (Å²) < 4.78 is 61.1. The van der Waals surface area contributed by atoms with Crippen molar-refractivity contribution in [2.45, 2.75) is 26.1 Å². The molecule has 4 rings (SSSR count). The van der Waals surface area contributed by atoms with E-state index < -0.39 is 47.3 Å². The summed E-state index contributed by atoms with van der Waals surface area (Å²) in [6.07, 6.45) is 0. The molecule has 1 heterocycles. The standard InChI is InChI=1S/C27H25F4N3O4/c1-15-20-5-3-16(26(36)32-13-21-23(30)11-18(28)12-24(21)31)10-25(20)34(27(37)33(15)2)14-17-9-19(38-8-7-35)4-6-22(17)29/h3-6,9-12,15,35H,7-8,13-14H2,1-2H3,(H,32,36)/t15-/m0/s1. The number of amides is 3. The maximum atomic E-state index is 14.7. The van der Waals surface area contributed by atoms with E-state index in [2.05, 4.69) is 5.32 Å². The molecule has 38 heavy (non-hydrogen) atoms. The number of carbonyl (C=O) groups is 2. The van der Waals surface area contributed by atoms with E-state index in [-0.39, 0.29) is 36.9 Å². The molecular formula is C27H25F4N3O4. The van der Waals surface area contributed by atoms with Gasteiger partial charge in [-0.2, -0.15) is 0 Å². The summed E-state index contributed by atoms with van der Waals surface area (Å²) in [6, 6.07) is 8.91. The zero-order chi connectivity index (χ0) is 27.6. The molecule has 3 amide bonds. The molecule has 2 N–H and O–H groups in total. The third-order valence-electron chi connectivity index (χ3n) is 6.38. The molecule has 0 radical (unpaired) electrons. The van der Waals surface area contributed by atoms with Gasteiger partial charge in [0.2, 0.25) is 0 Å². The molecule has 0 saturated heterocycles. The topological polar surface area (TPSA) is 82.1 Å². The van der Waals surface area contributed by atoms with E-state index in [1.807, 2.05) is 0 Å². The van der Waals surface area contributed by atoms with Crippen LogP contribution in [-0.2, 0) is 13.1 Å². The first-order valence-corrected chi connectivity index (χ1v) is 11.7. The lowest BCUT2D eigenvalue weighted by Gasteiger charge is -2.39. The Morgan fingerprint density at radius 1 is 1.03 bits per heavy atom. The van der Waals surface area contributed by atoms with Gasteiger partial charge in [0.1, 0.15) is 35.6 Å². The largest absolute Gasteiger partial charge is 0.491 e. The molecule has 1 aliphatic rings. The molecule has 7 nitrogen and oxygen atoms in total. The smallest absolute Gasteiger partial charge is 0.325 e. The number of rotatable bonds is 8. The van der Waals surface area contributed by atoms with E-state index in [4.69, 9.17) is 9.84 Å². The first-order chi connectivity index (χ1) is 18.1. The molecule has 0 aliphatic carbocycles. The molecule has 3 aromatic rings. The molecule has 200 valence electrons. The van der Waals surface area contributed by atoms with E-state index >= 15 is 0 Å². The number of aliphatic hydroxyl groups is 1. The Bertz CT molecular complexity index is 1360. The second-order valence-electron chi connectivity index (χ2n) is 8.79. The Kier molecular flexibility index (Phi) is 7.86. The Morgan fingerprint density at radius 2 is 1.74 bits per heavy atom. The third kappa shape index (κ3) is 5.42. The van der Waals surface area contributed by atoms with Gasteiger partial charge in [0.25, 0.3) is 5.91 Å². The zero-order valence-corrected chi connectivity index (χ0v) is 20.6. The number of nitrogens with one attached hydrogen (secondary N) is 1. The molecular weight excluding hydrogens is 506 g/mol. The van der Waals surface area contributed by atoms with Crippen molar-refractivity contribution in [1.29, 1.82) is 0 Å². The maximum absolute atomic E-state index is 14.7. The highest BCUT2D eigenvalue weighted by Gasteiger charge is 2.34. The lowest BCUT2D eigenvalue weighted by atomic mass is 9.98. The average molecular weight is 532 g/mol. The van der Waals surface area contributed by atoms with E-state index in [1.54, 1.807) is 20.0 Å². The van der Waals surface area contributed by atoms with Crippen LogP contribution in [0.3, 0.4) is 0 Å². The number of benzene rings is 3. The fraction of sp³-hybridized carbons (Fsp3) is 0.259. The SMILES string of the molecule is C[C@H]1c2ccc(C(=O)NCc3c(F)cc(F)cc3F)cc2N(Cc2cc(OCCO)ccc2F)C(=O)N1C. The van der Waals surface area contributed by atoms with Gasteiger partial charge in [-0.05, 0) is 42.8 Å². The summed E-state index contributed by atoms with van der Waals surface area (Å²) in [5, 5.41) is 11.4. The third-order valence-corrected chi connectivity index (χ3v) is 6.38. The van der Waals surface area contributed by atoms with Gasteiger partial charge in [0, 0.05) is 42.4 Å². The normalized spacial score (nSPS) is 14.9. The van der Waals surface area contributed by atoms with Crippen LogP contribution in [0.15, 0.2) is 48.5 Å². The van der Waals surface area contributed by atoms with Gasteiger partial charge in [-0.25, -0.2) is 22.4 Å². The van der Waals surface area contributed by atoms with Gasteiger partial charge < -0.3 is 20.1 Å². The van der Waals surface area contributed by atoms with Crippen LogP contribution >= 0.6 is 0 Å². The van der Waals surface area contributed by atoms with Crippen molar-refractivity contribution in [3.63, 3.8) is 0 Å². The van der Waals surface area contributed by atoms with Gasteiger partial charge in [-0.15, -0.1) is 0 Å². The van der Waals surface area contributed by atoms with Crippen molar-refractivity contribution >= 4 is 17.6 Å². The summed E-state index contributed by atoms with van der Waals surface area (Å²) in [4.78, 5) is 28.9. The zero-order valence-electron chi connectivity index (χ0n) is 20.6. The van der Waals surface area contributed by atoms with E-state index in [9.17, 15) is 27.2 Å². The Morgan fingerprint density at radius 3 is 2.42 bits per heavy atom. The van der Waals surface area contributed by atoms with E-state index in [1.165, 1.54) is 40.1 Å². The summed E-state index contributed by atoms with van der Waals surface area (Å²) >= 11 is 0. The number of hydrogen-bond donors (Lipinski definition) is 2. The Balaban J connectivity index is 1.63. The number of halogens is 4. The summed E-state index contributed by atoms with van der Waals surface area (Å²) in [7, 11) is 1.60. The Labute approximate surface area is 216 Å². The summed E-state index contributed by atoms with van der Waals surface area (Å²) in [6.45, 7) is 0.890. The molecule has 0 saturated carbocycles. The van der Waals surface area contributed by atoms with Crippen LogP contribution in [0.25, 0.3) is 0 Å². The molecule has 1 atom stereocenters. The second-order valence-corrected chi connectivity index (χ2v) is 8.79. The van der Waals surface area contributed by atoms with E-state index in [0.29, 0.717) is 29.1 Å². The fourth-order valence-corrected chi connectivity index (χ4v) is 4.20. The van der Waals surface area contributed by atoms with Crippen LogP contribution in [0.5, 0.6) is 5.75 Å². The first-order valence-electron chi connectivity index (χ1n) is 11.7. The highest BCUT2D eigenvalue weighted by Crippen LogP contribution is 2.37. The number of hydrogen-bond acceptors (Lipinski definition) is 4. The number of fused-ring (bicyclic) bond motifs is 1. The minimum absolute atomic E-state index is 0.0149. The fourth-order valence-electron chi connectivity index (χ4n) is 4.20. The number of nitrogens with zero attached hydrogens (tertiary/aromatic N) is 2. The predicted octanol–water partition coefficient (Wildman–Crippen LogP) is 4.68. The van der Waals surface area contributed by atoms with Crippen LogP contribution < -0.4 is 15.0 Å². The molecule has 11 heteroatoms. The maximum Gasteiger partial charge on any atom is 0.325 e. The van der Waals surface area contributed by atoms with Crippen molar-refractivity contribution < 1.29 is 37.0 Å². The van der Waals surface area contributed by atoms with Crippen LogP contribution in [0, 0.1) is 23.3 Å². The number of ether oxygens (including phenoxy) is 1. The molecule has 0 bridgehead atoms. The molecule has 1 aliphatic heterocycles. The van der Waals surface area contributed by atoms with Crippen molar-refractivity contribution in [1.82, 2.24) is 10.2 Å². The lowest BCUT2D eigenvalue weighted by molar-refractivity contribution is 0.0950. The van der Waals surface area contributed by atoms with Crippen molar-refractivity contribution in [3.8, 4) is 5.75 Å². The van der Waals surface area contributed by atoms with Crippen LogP contribution in [0.4, 0.5) is 28.0 Å². The van der Waals surface area contributed by atoms with Gasteiger partial charge in [0.15, 0.2) is 0 Å². The summed E-state index contributed by atoms with van der Waals surface area (Å²) in [5.74, 6) is -4.27. The number of aliphatic hydroxyl groups excluding tert-OH is 1. The van der Waals surface area contributed by atoms with Crippen molar-refractivity contribution in [2.24, 2.45) is 0 Å². The highest BCUT2D eigenvalue weighted by atomic mass is 19.1. The van der Waals surface area contributed by atoms with Gasteiger partial charge in [-0.3, -0.25) is 9.69 Å². The van der Waals surface area contributed by atoms with Crippen molar-refractivity contribution in [2.75, 3.05) is 25.2 Å². The predicted molar refractivity (Wildman–Crippen MR) is 131 cm³/mol. The number of carbonyl (C=O) groups excluding carboxylic acids is 2. The minimum Gasteiger partial charge on any atom is -0.491 e. The van der Waals surface area contributed by atoms with E-state index in [0.717, 1.165) is 0 Å². The first kappa shape index (κ1) is 26.9. The van der Waals surface area contributed by atoms with Crippen LogP contribution in [-0.4, -0.2) is 42.2 Å². The lowest BCUT2D eigenvalue weighted by Crippen LogP contribution is -2.46. The number of urea groups is 1. The molecule has 3 aromatic carbocycles. The number of anilines is 1.